The van der Waals surface area contributed by atoms with Crippen molar-refractivity contribution in [1.29, 1.82) is 0 Å². The van der Waals surface area contributed by atoms with Crippen molar-refractivity contribution in [2.24, 2.45) is 0 Å². The van der Waals surface area contributed by atoms with Crippen LogP contribution in [0.15, 0.2) is 30.3 Å². The van der Waals surface area contributed by atoms with E-state index >= 15 is 0 Å². The molecule has 1 aliphatic rings. The highest BCUT2D eigenvalue weighted by Gasteiger charge is 2.39. The molecule has 0 aromatic heterocycles. The van der Waals surface area contributed by atoms with Crippen LogP contribution >= 0.6 is 0 Å². The lowest BCUT2D eigenvalue weighted by Crippen LogP contribution is -2.53. The van der Waals surface area contributed by atoms with Gasteiger partial charge in [-0.3, -0.25) is 0 Å². The molecule has 118 valence electrons. The van der Waals surface area contributed by atoms with Crippen LogP contribution in [-0.4, -0.2) is 35.7 Å². The summed E-state index contributed by atoms with van der Waals surface area (Å²) in [5, 5.41) is 10.9. The molecule has 1 aromatic rings. The van der Waals surface area contributed by atoms with E-state index in [1.165, 1.54) is 31.2 Å². The first-order valence-electron chi connectivity index (χ1n) is 8.54. The van der Waals surface area contributed by atoms with E-state index in [9.17, 15) is 5.11 Å². The molecule has 1 atom stereocenters. The zero-order valence-corrected chi connectivity index (χ0v) is 13.7. The molecule has 21 heavy (non-hydrogen) atoms. The summed E-state index contributed by atoms with van der Waals surface area (Å²) in [6.07, 6.45) is 10.3. The van der Waals surface area contributed by atoms with Crippen molar-refractivity contribution in [3.8, 4) is 0 Å². The van der Waals surface area contributed by atoms with Crippen LogP contribution in [0.25, 0.3) is 0 Å². The molecular formula is C19H31NO. The Bertz CT molecular complexity index is 393. The number of rotatable bonds is 6. The Morgan fingerprint density at radius 3 is 2.24 bits per heavy atom. The standard InChI is InChI=1S/C19H31NO/c1-20(2)19(15-8-3-4-9-16-19)18(21)14-10-13-17-11-6-5-7-12-17/h5-7,11-12,18,21H,3-4,8-10,13-16H2,1-2H3. The maximum atomic E-state index is 10.9. The van der Waals surface area contributed by atoms with Crippen LogP contribution in [-0.2, 0) is 6.42 Å². The molecule has 0 heterocycles. The van der Waals surface area contributed by atoms with Gasteiger partial charge < -0.3 is 10.0 Å². The number of aliphatic hydroxyl groups excluding tert-OH is 1. The number of aliphatic hydroxyl groups is 1. The first kappa shape index (κ1) is 16.5. The third-order valence-electron chi connectivity index (χ3n) is 5.27. The molecule has 1 fully saturated rings. The second-order valence-corrected chi connectivity index (χ2v) is 6.81. The highest BCUT2D eigenvalue weighted by molar-refractivity contribution is 5.14. The molecule has 0 aliphatic heterocycles. The monoisotopic (exact) mass is 289 g/mol. The first-order chi connectivity index (χ1) is 10.1. The topological polar surface area (TPSA) is 23.5 Å². The van der Waals surface area contributed by atoms with Crippen LogP contribution in [0, 0.1) is 0 Å². The number of hydrogen-bond acceptors (Lipinski definition) is 2. The summed E-state index contributed by atoms with van der Waals surface area (Å²) in [7, 11) is 4.29. The zero-order valence-electron chi connectivity index (χ0n) is 13.7. The summed E-state index contributed by atoms with van der Waals surface area (Å²) in [5.74, 6) is 0. The largest absolute Gasteiger partial charge is 0.391 e. The van der Waals surface area contributed by atoms with E-state index in [2.05, 4.69) is 49.3 Å². The minimum Gasteiger partial charge on any atom is -0.391 e. The predicted molar refractivity (Wildman–Crippen MR) is 89.5 cm³/mol. The SMILES string of the molecule is CN(C)C1(C(O)CCCc2ccccc2)CCCCCC1. The van der Waals surface area contributed by atoms with Gasteiger partial charge in [-0.2, -0.15) is 0 Å². The van der Waals surface area contributed by atoms with Crippen molar-refractivity contribution in [2.45, 2.75) is 69.4 Å². The van der Waals surface area contributed by atoms with Gasteiger partial charge in [0.15, 0.2) is 0 Å². The smallest absolute Gasteiger partial charge is 0.0723 e. The van der Waals surface area contributed by atoms with Gasteiger partial charge in [-0.15, -0.1) is 0 Å². The van der Waals surface area contributed by atoms with E-state index in [0.717, 1.165) is 32.1 Å². The Morgan fingerprint density at radius 1 is 1.05 bits per heavy atom. The van der Waals surface area contributed by atoms with Gasteiger partial charge in [0.1, 0.15) is 0 Å². The zero-order chi connectivity index (χ0) is 15.1. The number of aryl methyl sites for hydroxylation is 1. The number of benzene rings is 1. The summed E-state index contributed by atoms with van der Waals surface area (Å²) < 4.78 is 0. The van der Waals surface area contributed by atoms with Gasteiger partial charge in [0, 0.05) is 5.54 Å². The van der Waals surface area contributed by atoms with Gasteiger partial charge in [0.2, 0.25) is 0 Å². The molecule has 0 amide bonds. The van der Waals surface area contributed by atoms with Gasteiger partial charge >= 0.3 is 0 Å². The average Bonchev–Trinajstić information content (AvgIpc) is 2.75. The lowest BCUT2D eigenvalue weighted by molar-refractivity contribution is -0.0232. The van der Waals surface area contributed by atoms with E-state index in [0.29, 0.717) is 0 Å². The molecule has 1 aromatic carbocycles. The normalized spacial score (nSPS) is 20.2. The third-order valence-corrected chi connectivity index (χ3v) is 5.27. The Hall–Kier alpha value is -0.860. The molecule has 1 saturated carbocycles. The molecule has 1 unspecified atom stereocenters. The maximum absolute atomic E-state index is 10.9. The average molecular weight is 289 g/mol. The number of nitrogens with zero attached hydrogens (tertiary/aromatic N) is 1. The molecule has 0 spiro atoms. The summed E-state index contributed by atoms with van der Waals surface area (Å²) >= 11 is 0. The minimum atomic E-state index is -0.200. The van der Waals surface area contributed by atoms with Crippen LogP contribution in [0.4, 0.5) is 0 Å². The van der Waals surface area contributed by atoms with Crippen LogP contribution in [0.5, 0.6) is 0 Å². The lowest BCUT2D eigenvalue weighted by atomic mass is 9.81. The fraction of sp³-hybridized carbons (Fsp3) is 0.684. The molecule has 2 rings (SSSR count). The summed E-state index contributed by atoms with van der Waals surface area (Å²) in [5.41, 5.74) is 1.39. The summed E-state index contributed by atoms with van der Waals surface area (Å²) in [6, 6.07) is 10.6. The van der Waals surface area contributed by atoms with Crippen LogP contribution in [0.3, 0.4) is 0 Å². The summed E-state index contributed by atoms with van der Waals surface area (Å²) in [6.45, 7) is 0. The second kappa shape index (κ2) is 7.95. The third kappa shape index (κ3) is 4.31. The molecule has 1 N–H and O–H groups in total. The van der Waals surface area contributed by atoms with Gasteiger partial charge in [0.25, 0.3) is 0 Å². The quantitative estimate of drug-likeness (QED) is 0.799. The second-order valence-electron chi connectivity index (χ2n) is 6.81. The van der Waals surface area contributed by atoms with Crippen molar-refractivity contribution in [1.82, 2.24) is 4.90 Å². The van der Waals surface area contributed by atoms with Crippen LogP contribution in [0.1, 0.15) is 56.9 Å². The Morgan fingerprint density at radius 2 is 1.67 bits per heavy atom. The van der Waals surface area contributed by atoms with Crippen molar-refractivity contribution >= 4 is 0 Å². The molecule has 0 radical (unpaired) electrons. The fourth-order valence-corrected chi connectivity index (χ4v) is 3.83. The Balaban J connectivity index is 1.91. The molecule has 1 aliphatic carbocycles. The Labute approximate surface area is 130 Å². The van der Waals surface area contributed by atoms with Crippen LogP contribution in [0.2, 0.25) is 0 Å². The van der Waals surface area contributed by atoms with Crippen molar-refractivity contribution in [3.05, 3.63) is 35.9 Å². The van der Waals surface area contributed by atoms with Crippen LogP contribution < -0.4 is 0 Å². The van der Waals surface area contributed by atoms with Crippen molar-refractivity contribution < 1.29 is 5.11 Å². The number of likely N-dealkylation sites (N-methyl/N-ethyl adjacent to an activating group) is 1. The van der Waals surface area contributed by atoms with E-state index in [-0.39, 0.29) is 11.6 Å². The van der Waals surface area contributed by atoms with Crippen molar-refractivity contribution in [2.75, 3.05) is 14.1 Å². The minimum absolute atomic E-state index is 0.00713. The number of hydrogen-bond donors (Lipinski definition) is 1. The van der Waals surface area contributed by atoms with E-state index in [1.54, 1.807) is 0 Å². The van der Waals surface area contributed by atoms with Crippen molar-refractivity contribution in [3.63, 3.8) is 0 Å². The molecule has 2 heteroatoms. The molecule has 2 nitrogen and oxygen atoms in total. The fourth-order valence-electron chi connectivity index (χ4n) is 3.83. The lowest BCUT2D eigenvalue weighted by Gasteiger charge is -2.43. The first-order valence-corrected chi connectivity index (χ1v) is 8.54. The van der Waals surface area contributed by atoms with Gasteiger partial charge in [-0.25, -0.2) is 0 Å². The molecular weight excluding hydrogens is 258 g/mol. The highest BCUT2D eigenvalue weighted by atomic mass is 16.3. The van der Waals surface area contributed by atoms with E-state index < -0.39 is 0 Å². The maximum Gasteiger partial charge on any atom is 0.0723 e. The van der Waals surface area contributed by atoms with Gasteiger partial charge in [0.05, 0.1) is 6.10 Å². The highest BCUT2D eigenvalue weighted by Crippen LogP contribution is 2.35. The van der Waals surface area contributed by atoms with Gasteiger partial charge in [-0.05, 0) is 51.8 Å². The molecule has 0 bridgehead atoms. The summed E-state index contributed by atoms with van der Waals surface area (Å²) in [4.78, 5) is 2.30. The van der Waals surface area contributed by atoms with E-state index in [4.69, 9.17) is 0 Å². The molecule has 0 saturated heterocycles. The Kier molecular flexibility index (Phi) is 6.25. The predicted octanol–water partition coefficient (Wildman–Crippen LogP) is 4.02. The van der Waals surface area contributed by atoms with Gasteiger partial charge in [-0.1, -0.05) is 56.0 Å². The van der Waals surface area contributed by atoms with E-state index in [1.807, 2.05) is 0 Å².